The number of fused-ring (bicyclic) bond motifs is 1. The summed E-state index contributed by atoms with van der Waals surface area (Å²) in [6.45, 7) is 2.02. The number of phosphoric acid groups is 3. The van der Waals surface area contributed by atoms with Gasteiger partial charge >= 0.3 is 23.5 Å². The van der Waals surface area contributed by atoms with Crippen molar-refractivity contribution in [2.24, 2.45) is 5.41 Å². The van der Waals surface area contributed by atoms with E-state index in [4.69, 9.17) is 19.5 Å². The molecule has 0 aliphatic carbocycles. The van der Waals surface area contributed by atoms with Crippen molar-refractivity contribution >= 4 is 74.9 Å². The van der Waals surface area contributed by atoms with Gasteiger partial charge in [0.15, 0.2) is 28.6 Å². The molecule has 0 radical (unpaired) electrons. The summed E-state index contributed by atoms with van der Waals surface area (Å²) in [5.74, 6) is -2.01. The second-order valence-electron chi connectivity index (χ2n) is 15.3. The molecule has 1 fully saturated rings. The van der Waals surface area contributed by atoms with E-state index in [1.807, 2.05) is 0 Å². The smallest absolute Gasteiger partial charge is 0.386 e. The lowest BCUT2D eigenvalue weighted by Gasteiger charge is -2.30. The lowest BCUT2D eigenvalue weighted by molar-refractivity contribution is -0.137. The monoisotopic (exact) mass is 1000 g/mol. The Bertz CT molecular complexity index is 2530. The summed E-state index contributed by atoms with van der Waals surface area (Å²) < 4.78 is 62.4. The number of aromatic nitrogens is 4. The molecule has 2 aromatic carbocycles. The number of carbonyl (C=O) groups is 4. The highest BCUT2D eigenvalue weighted by molar-refractivity contribution is 8.13. The van der Waals surface area contributed by atoms with E-state index in [-0.39, 0.29) is 53.1 Å². The zero-order valence-corrected chi connectivity index (χ0v) is 38.8. The van der Waals surface area contributed by atoms with Crippen molar-refractivity contribution in [2.75, 3.05) is 37.8 Å². The van der Waals surface area contributed by atoms with Gasteiger partial charge in [0.05, 0.1) is 25.5 Å². The number of benzene rings is 2. The third-order valence-electron chi connectivity index (χ3n) is 9.78. The summed E-state index contributed by atoms with van der Waals surface area (Å²) in [4.78, 5) is 102. The molecular formula is C37H48N7O18P3S. The number of nitrogens with one attached hydrogen (secondary N) is 2. The number of ether oxygens (including phenoxy) is 1. The highest BCUT2D eigenvalue weighted by Crippen LogP contribution is 2.61. The molecule has 10 N–H and O–H groups in total. The van der Waals surface area contributed by atoms with E-state index >= 15 is 0 Å². The van der Waals surface area contributed by atoms with Crippen molar-refractivity contribution in [1.82, 2.24) is 30.2 Å². The standard InChI is InChI=1S/C37H48N7O18P3S/c1-21(23-10-7-11-24(16-23)28(46)22-8-5-4-6-9-22)36(50)66-15-14-39-26(45)12-13-40-34(49)31(48)37(2,3)18-59-65(56,57)62-64(54,55)58-17-25-30(61-63(51,52)53)29(47)35(60-25)44-20-43-27-32(38)41-19-42-33(27)44/h4-11,16,19-21,25,29-31,35,47-48H,12-15,17-18H2,1-3H3,(H,39,45)(H,40,49)(H,54,55)(H,56,57)(H2,38,41,42)(H2,51,52,53)/t21-,25?,29?,30?,31?,35?/m0/s1. The van der Waals surface area contributed by atoms with Crippen LogP contribution in [-0.2, 0) is 50.7 Å². The minimum atomic E-state index is -5.60. The van der Waals surface area contributed by atoms with Crippen molar-refractivity contribution in [3.8, 4) is 0 Å². The molecule has 2 amide bonds. The van der Waals surface area contributed by atoms with Crippen LogP contribution in [0.2, 0.25) is 0 Å². The van der Waals surface area contributed by atoms with Gasteiger partial charge in [-0.1, -0.05) is 81.1 Å². The number of hydrogen-bond acceptors (Lipinski definition) is 19. The number of rotatable bonds is 23. The summed E-state index contributed by atoms with van der Waals surface area (Å²) in [6, 6.07) is 15.6. The number of thioether (sulfide) groups is 1. The summed E-state index contributed by atoms with van der Waals surface area (Å²) in [5, 5.41) is 26.4. The number of anilines is 1. The van der Waals surface area contributed by atoms with Crippen molar-refractivity contribution in [1.29, 1.82) is 0 Å². The average molecular weight is 1000 g/mol. The van der Waals surface area contributed by atoms with Gasteiger partial charge in [0.2, 0.25) is 11.8 Å². The van der Waals surface area contributed by atoms with E-state index in [0.717, 1.165) is 29.0 Å². The molecule has 360 valence electrons. The molecule has 25 nitrogen and oxygen atoms in total. The molecule has 3 heterocycles. The molecule has 5 rings (SSSR count). The van der Waals surface area contributed by atoms with E-state index in [0.29, 0.717) is 16.7 Å². The molecular weight excluding hydrogens is 955 g/mol. The third kappa shape index (κ3) is 14.3. The topological polar surface area (TPSA) is 381 Å². The summed E-state index contributed by atoms with van der Waals surface area (Å²) >= 11 is 0.999. The maximum atomic E-state index is 12.9. The Kier molecular flexibility index (Phi) is 17.7. The number of imidazole rings is 1. The van der Waals surface area contributed by atoms with Gasteiger partial charge in [-0.15, -0.1) is 0 Å². The molecule has 8 atom stereocenters. The Morgan fingerprint density at radius 3 is 2.32 bits per heavy atom. The van der Waals surface area contributed by atoms with Crippen LogP contribution in [0.15, 0.2) is 67.3 Å². The normalized spacial score (nSPS) is 20.5. The van der Waals surface area contributed by atoms with Crippen LogP contribution in [0.1, 0.15) is 60.8 Å². The van der Waals surface area contributed by atoms with Gasteiger partial charge in [-0.3, -0.25) is 37.3 Å². The van der Waals surface area contributed by atoms with Gasteiger partial charge < -0.3 is 50.9 Å². The molecule has 1 aliphatic heterocycles. The first-order valence-corrected chi connectivity index (χ1v) is 25.1. The molecule has 1 aliphatic rings. The van der Waals surface area contributed by atoms with Crippen molar-refractivity contribution in [2.45, 2.75) is 63.8 Å². The van der Waals surface area contributed by atoms with Crippen molar-refractivity contribution < 1.29 is 85.3 Å². The first-order valence-electron chi connectivity index (χ1n) is 19.6. The molecule has 7 unspecified atom stereocenters. The van der Waals surface area contributed by atoms with Gasteiger partial charge in [-0.2, -0.15) is 4.31 Å². The number of nitrogens with zero attached hydrogens (tertiary/aromatic N) is 4. The van der Waals surface area contributed by atoms with E-state index in [1.54, 1.807) is 61.5 Å². The Morgan fingerprint density at radius 1 is 0.939 bits per heavy atom. The summed E-state index contributed by atoms with van der Waals surface area (Å²) in [7, 11) is -16.5. The third-order valence-corrected chi connectivity index (χ3v) is 13.9. The highest BCUT2D eigenvalue weighted by atomic mass is 32.2. The number of phosphoric ester groups is 3. The van der Waals surface area contributed by atoms with Crippen molar-refractivity contribution in [3.05, 3.63) is 83.9 Å². The van der Waals surface area contributed by atoms with Gasteiger partial charge in [0, 0.05) is 41.8 Å². The van der Waals surface area contributed by atoms with Gasteiger partial charge in [-0.05, 0) is 11.6 Å². The number of nitrogen functional groups attached to an aromatic ring is 1. The van der Waals surface area contributed by atoms with Crippen LogP contribution < -0.4 is 16.4 Å². The number of carbonyl (C=O) groups excluding carboxylic acids is 4. The van der Waals surface area contributed by atoms with E-state index in [1.165, 1.54) is 13.8 Å². The largest absolute Gasteiger partial charge is 0.481 e. The molecule has 0 bridgehead atoms. The van der Waals surface area contributed by atoms with E-state index in [2.05, 4.69) is 34.4 Å². The minimum absolute atomic E-state index is 0.0222. The first-order chi connectivity index (χ1) is 30.9. The van der Waals surface area contributed by atoms with Crippen LogP contribution in [0.4, 0.5) is 5.82 Å². The molecule has 0 saturated carbocycles. The number of aliphatic hydroxyl groups is 2. The lowest BCUT2D eigenvalue weighted by Crippen LogP contribution is -2.46. The molecule has 0 spiro atoms. The second kappa shape index (κ2) is 22.2. The predicted octanol–water partition coefficient (Wildman–Crippen LogP) is 1.70. The van der Waals surface area contributed by atoms with E-state index < -0.39 is 90.5 Å². The molecule has 66 heavy (non-hydrogen) atoms. The lowest BCUT2D eigenvalue weighted by atomic mass is 9.87. The maximum absolute atomic E-state index is 12.9. The van der Waals surface area contributed by atoms with Crippen molar-refractivity contribution in [3.63, 3.8) is 0 Å². The Morgan fingerprint density at radius 2 is 1.62 bits per heavy atom. The Labute approximate surface area is 380 Å². The quantitative estimate of drug-likeness (QED) is 0.0290. The number of hydrogen-bond donors (Lipinski definition) is 9. The highest BCUT2D eigenvalue weighted by Gasteiger charge is 2.50. The summed E-state index contributed by atoms with van der Waals surface area (Å²) in [6.07, 6.45) is -7.07. The van der Waals surface area contributed by atoms with Crippen LogP contribution in [0.3, 0.4) is 0 Å². The SMILES string of the molecule is C[C@H](C(=O)SCCNC(=O)CCNC(=O)C(O)C(C)(C)COP(=O)(O)OP(=O)(O)OCC1OC(n2cnc3c(N)ncnc32)C(O)C1OP(=O)(O)O)c1cccc(C(=O)c2ccccc2)c1. The average Bonchev–Trinajstić information content (AvgIpc) is 3.82. The number of ketones is 1. The fraction of sp³-hybridized carbons (Fsp3) is 0.432. The zero-order chi connectivity index (χ0) is 48.6. The second-order valence-corrected chi connectivity index (χ2v) is 20.6. The Balaban J connectivity index is 1.02. The first kappa shape index (κ1) is 52.6. The van der Waals surface area contributed by atoms with Crippen LogP contribution in [0.25, 0.3) is 11.2 Å². The minimum Gasteiger partial charge on any atom is -0.386 e. The van der Waals surface area contributed by atoms with Crippen LogP contribution >= 0.6 is 35.2 Å². The maximum Gasteiger partial charge on any atom is 0.481 e. The van der Waals surface area contributed by atoms with Crippen LogP contribution in [0.5, 0.6) is 0 Å². The van der Waals surface area contributed by atoms with Gasteiger partial charge in [-0.25, -0.2) is 28.6 Å². The zero-order valence-electron chi connectivity index (χ0n) is 35.3. The Hall–Kier alpha value is -4.33. The number of amides is 2. The number of nitrogens with two attached hydrogens (primary N) is 1. The molecule has 29 heteroatoms. The summed E-state index contributed by atoms with van der Waals surface area (Å²) in [5.41, 5.74) is 5.86. The van der Waals surface area contributed by atoms with Gasteiger partial charge in [0.25, 0.3) is 0 Å². The molecule has 2 aromatic heterocycles. The van der Waals surface area contributed by atoms with E-state index in [9.17, 15) is 62.7 Å². The van der Waals surface area contributed by atoms with Crippen LogP contribution in [0, 0.1) is 5.41 Å². The van der Waals surface area contributed by atoms with Crippen LogP contribution in [-0.4, -0.2) is 128 Å². The fourth-order valence-electron chi connectivity index (χ4n) is 6.25. The molecule has 1 saturated heterocycles. The predicted molar refractivity (Wildman–Crippen MR) is 232 cm³/mol. The van der Waals surface area contributed by atoms with Gasteiger partial charge in [0.1, 0.15) is 36.3 Å². The number of aliphatic hydroxyl groups excluding tert-OH is 2. The molecule has 4 aromatic rings. The fourth-order valence-corrected chi connectivity index (χ4v) is 9.87.